The van der Waals surface area contributed by atoms with E-state index in [4.69, 9.17) is 11.5 Å². The van der Waals surface area contributed by atoms with Crippen molar-refractivity contribution < 1.29 is 17.6 Å². The summed E-state index contributed by atoms with van der Waals surface area (Å²) in [6.45, 7) is 0. The molecule has 3 nitrogen and oxygen atoms in total. The predicted octanol–water partition coefficient (Wildman–Crippen LogP) is 4.22. The largest absolute Gasteiger partial charge is 0.416 e. The van der Waals surface area contributed by atoms with Crippen molar-refractivity contribution in [1.29, 1.82) is 0 Å². The highest BCUT2D eigenvalue weighted by atomic mass is 19.4. The lowest BCUT2D eigenvalue weighted by atomic mass is 10.0. The minimum Gasteiger partial charge on any atom is -0.398 e. The van der Waals surface area contributed by atoms with Gasteiger partial charge in [-0.2, -0.15) is 13.2 Å². The summed E-state index contributed by atoms with van der Waals surface area (Å²) >= 11 is 0. The van der Waals surface area contributed by atoms with Crippen molar-refractivity contribution in [2.45, 2.75) is 6.18 Å². The lowest BCUT2D eigenvalue weighted by Gasteiger charge is -2.11. The molecule has 0 unspecified atom stereocenters. The molecule has 3 rings (SSSR count). The van der Waals surface area contributed by atoms with Crippen molar-refractivity contribution in [1.82, 2.24) is 4.98 Å². The Hall–Kier alpha value is -2.83. The number of fused-ring (bicyclic) bond motifs is 1. The number of halogens is 4. The predicted molar refractivity (Wildman–Crippen MR) is 81.0 cm³/mol. The molecule has 0 atom stereocenters. The zero-order valence-electron chi connectivity index (χ0n) is 11.7. The Kier molecular flexibility index (Phi) is 3.35. The molecule has 23 heavy (non-hydrogen) atoms. The Morgan fingerprint density at radius 1 is 0.913 bits per heavy atom. The van der Waals surface area contributed by atoms with Crippen molar-refractivity contribution in [3.63, 3.8) is 0 Å². The van der Waals surface area contributed by atoms with Gasteiger partial charge in [-0.1, -0.05) is 12.1 Å². The first kappa shape index (κ1) is 15.1. The summed E-state index contributed by atoms with van der Waals surface area (Å²) in [6, 6.07) is 8.84. The second kappa shape index (κ2) is 5.12. The highest BCUT2D eigenvalue weighted by molar-refractivity contribution is 6.00. The van der Waals surface area contributed by atoms with Gasteiger partial charge in [0.15, 0.2) is 0 Å². The molecule has 0 spiro atoms. The quantitative estimate of drug-likeness (QED) is 0.521. The number of nitrogens with zero attached hydrogens (tertiary/aromatic N) is 1. The molecule has 0 amide bonds. The fraction of sp³-hybridized carbons (Fsp3) is 0.0625. The Morgan fingerprint density at radius 3 is 2.30 bits per heavy atom. The van der Waals surface area contributed by atoms with Crippen LogP contribution in [0.2, 0.25) is 0 Å². The molecule has 0 aliphatic heterocycles. The summed E-state index contributed by atoms with van der Waals surface area (Å²) in [5.74, 6) is -0.898. The molecule has 0 radical (unpaired) electrons. The minimum absolute atomic E-state index is 0.0742. The van der Waals surface area contributed by atoms with Crippen LogP contribution in [-0.2, 0) is 6.18 Å². The first-order valence-corrected chi connectivity index (χ1v) is 6.59. The maximum Gasteiger partial charge on any atom is 0.416 e. The second-order valence-electron chi connectivity index (χ2n) is 5.03. The van der Waals surface area contributed by atoms with Gasteiger partial charge in [0.05, 0.1) is 11.3 Å². The SMILES string of the molecule is Nc1cccc2c(N)nc(-c3ccc(C(F)(F)F)cc3F)cc12. The Balaban J connectivity index is 2.19. The fourth-order valence-electron chi connectivity index (χ4n) is 2.36. The third kappa shape index (κ3) is 2.65. The van der Waals surface area contributed by atoms with E-state index >= 15 is 0 Å². The first-order chi connectivity index (χ1) is 10.8. The van der Waals surface area contributed by atoms with E-state index in [1.807, 2.05) is 0 Å². The summed E-state index contributed by atoms with van der Waals surface area (Å²) < 4.78 is 51.9. The zero-order chi connectivity index (χ0) is 16.8. The number of hydrogen-bond acceptors (Lipinski definition) is 3. The molecule has 0 aliphatic rings. The fourth-order valence-corrected chi connectivity index (χ4v) is 2.36. The number of benzene rings is 2. The van der Waals surface area contributed by atoms with Crippen LogP contribution < -0.4 is 11.5 Å². The molecule has 7 heteroatoms. The monoisotopic (exact) mass is 321 g/mol. The highest BCUT2D eigenvalue weighted by Crippen LogP contribution is 2.34. The number of nitrogens with two attached hydrogens (primary N) is 2. The Labute approximate surface area is 128 Å². The molecule has 1 heterocycles. The Bertz CT molecular complexity index is 904. The maximum absolute atomic E-state index is 14.1. The molecule has 0 saturated carbocycles. The van der Waals surface area contributed by atoms with E-state index in [2.05, 4.69) is 4.98 Å². The molecule has 0 bridgehead atoms. The summed E-state index contributed by atoms with van der Waals surface area (Å²) in [6.07, 6.45) is -4.61. The second-order valence-corrected chi connectivity index (χ2v) is 5.03. The van der Waals surface area contributed by atoms with Crippen molar-refractivity contribution in [3.8, 4) is 11.3 Å². The van der Waals surface area contributed by atoms with Crippen LogP contribution in [0.5, 0.6) is 0 Å². The number of alkyl halides is 3. The topological polar surface area (TPSA) is 64.9 Å². The van der Waals surface area contributed by atoms with Crippen molar-refractivity contribution in [2.24, 2.45) is 0 Å². The normalized spacial score (nSPS) is 11.8. The average molecular weight is 321 g/mol. The average Bonchev–Trinajstić information content (AvgIpc) is 2.47. The van der Waals surface area contributed by atoms with Crippen LogP contribution in [0, 0.1) is 5.82 Å². The van der Waals surface area contributed by atoms with Gasteiger partial charge in [-0.25, -0.2) is 9.37 Å². The molecule has 0 aliphatic carbocycles. The third-order valence-electron chi connectivity index (χ3n) is 3.51. The smallest absolute Gasteiger partial charge is 0.398 e. The van der Waals surface area contributed by atoms with Gasteiger partial charge in [0.2, 0.25) is 0 Å². The van der Waals surface area contributed by atoms with Gasteiger partial charge in [-0.3, -0.25) is 0 Å². The highest BCUT2D eigenvalue weighted by Gasteiger charge is 2.31. The number of aromatic nitrogens is 1. The number of pyridine rings is 1. The van der Waals surface area contributed by atoms with Gasteiger partial charge < -0.3 is 11.5 Å². The summed E-state index contributed by atoms with van der Waals surface area (Å²) in [5, 5.41) is 1.16. The zero-order valence-corrected chi connectivity index (χ0v) is 11.7. The lowest BCUT2D eigenvalue weighted by molar-refractivity contribution is -0.137. The van der Waals surface area contributed by atoms with Gasteiger partial charge in [-0.05, 0) is 30.3 Å². The third-order valence-corrected chi connectivity index (χ3v) is 3.51. The Morgan fingerprint density at radius 2 is 1.65 bits per heavy atom. The standard InChI is InChI=1S/C16H11F4N3/c17-12-6-8(16(18,19)20)4-5-10(12)14-7-11-9(15(22)23-14)2-1-3-13(11)21/h1-7H,21H2,(H2,22,23). The van der Waals surface area contributed by atoms with Crippen LogP contribution in [0.1, 0.15) is 5.56 Å². The van der Waals surface area contributed by atoms with Crippen molar-refractivity contribution in [3.05, 3.63) is 53.8 Å². The number of nitrogen functional groups attached to an aromatic ring is 2. The molecule has 118 valence electrons. The van der Waals surface area contributed by atoms with Gasteiger partial charge in [-0.15, -0.1) is 0 Å². The van der Waals surface area contributed by atoms with Crippen LogP contribution in [0.15, 0.2) is 42.5 Å². The molecule has 3 aromatic rings. The number of hydrogen-bond donors (Lipinski definition) is 2. The van der Waals surface area contributed by atoms with E-state index in [-0.39, 0.29) is 17.1 Å². The molecule has 0 fully saturated rings. The van der Waals surface area contributed by atoms with Gasteiger partial charge in [0.25, 0.3) is 0 Å². The summed E-state index contributed by atoms with van der Waals surface area (Å²) in [5.41, 5.74) is 11.1. The summed E-state index contributed by atoms with van der Waals surface area (Å²) in [4.78, 5) is 4.07. The number of anilines is 2. The van der Waals surface area contributed by atoms with Crippen molar-refractivity contribution >= 4 is 22.3 Å². The van der Waals surface area contributed by atoms with Crippen LogP contribution in [0.3, 0.4) is 0 Å². The van der Waals surface area contributed by atoms with E-state index < -0.39 is 17.6 Å². The maximum atomic E-state index is 14.1. The summed E-state index contributed by atoms with van der Waals surface area (Å²) in [7, 11) is 0. The number of rotatable bonds is 1. The molecular formula is C16H11F4N3. The molecule has 2 aromatic carbocycles. The van der Waals surface area contributed by atoms with E-state index in [0.29, 0.717) is 22.5 Å². The molecule has 1 aromatic heterocycles. The molecular weight excluding hydrogens is 310 g/mol. The molecule has 4 N–H and O–H groups in total. The first-order valence-electron chi connectivity index (χ1n) is 6.59. The van der Waals surface area contributed by atoms with Crippen LogP contribution in [0.4, 0.5) is 29.1 Å². The van der Waals surface area contributed by atoms with E-state index in [9.17, 15) is 17.6 Å². The van der Waals surface area contributed by atoms with Gasteiger partial charge in [0, 0.05) is 22.0 Å². The van der Waals surface area contributed by atoms with Crippen LogP contribution in [-0.4, -0.2) is 4.98 Å². The lowest BCUT2D eigenvalue weighted by Crippen LogP contribution is -2.06. The van der Waals surface area contributed by atoms with E-state index in [1.165, 1.54) is 6.07 Å². The van der Waals surface area contributed by atoms with E-state index in [1.54, 1.807) is 18.2 Å². The van der Waals surface area contributed by atoms with Crippen LogP contribution >= 0.6 is 0 Å². The molecule has 0 saturated heterocycles. The van der Waals surface area contributed by atoms with E-state index in [0.717, 1.165) is 12.1 Å². The van der Waals surface area contributed by atoms with Crippen LogP contribution in [0.25, 0.3) is 22.0 Å². The minimum atomic E-state index is -4.61. The van der Waals surface area contributed by atoms with Gasteiger partial charge >= 0.3 is 6.18 Å². The van der Waals surface area contributed by atoms with Gasteiger partial charge in [0.1, 0.15) is 11.6 Å². The van der Waals surface area contributed by atoms with Crippen molar-refractivity contribution in [2.75, 3.05) is 11.5 Å².